The van der Waals surface area contributed by atoms with Gasteiger partial charge in [0, 0.05) is 6.07 Å². The number of nitro groups is 1. The zero-order valence-corrected chi connectivity index (χ0v) is 15.1. The van der Waals surface area contributed by atoms with Crippen LogP contribution in [0.3, 0.4) is 0 Å². The fourth-order valence-electron chi connectivity index (χ4n) is 2.33. The maximum absolute atomic E-state index is 14.0. The molecule has 0 aliphatic carbocycles. The van der Waals surface area contributed by atoms with Crippen LogP contribution in [0.1, 0.15) is 25.5 Å². The molecule has 0 unspecified atom stereocenters. The predicted octanol–water partition coefficient (Wildman–Crippen LogP) is 4.65. The zero-order chi connectivity index (χ0) is 17.7. The molecule has 0 aliphatic heterocycles. The molecule has 1 aromatic heterocycles. The van der Waals surface area contributed by atoms with Crippen LogP contribution in [-0.2, 0) is 11.0 Å². The van der Waals surface area contributed by atoms with Gasteiger partial charge in [-0.2, -0.15) is 0 Å². The number of hydrogen-bond acceptors (Lipinski definition) is 4. The van der Waals surface area contributed by atoms with Gasteiger partial charge < -0.3 is 9.41 Å². The topological polar surface area (TPSA) is 81.1 Å². The van der Waals surface area contributed by atoms with Crippen LogP contribution in [-0.4, -0.2) is 23.2 Å². The van der Waals surface area contributed by atoms with Crippen molar-refractivity contribution < 1.29 is 13.7 Å². The highest BCUT2D eigenvalue weighted by molar-refractivity contribution is 6.71. The minimum absolute atomic E-state index is 0.203. The van der Waals surface area contributed by atoms with E-state index in [2.05, 4.69) is 30.0 Å². The quantitative estimate of drug-likeness (QED) is 0.426. The molecule has 6 nitrogen and oxygen atoms in total. The first-order valence-corrected chi connectivity index (χ1v) is 11.1. The molecular formula is C16H22FN3O3Si. The van der Waals surface area contributed by atoms with Gasteiger partial charge in [0.1, 0.15) is 11.6 Å². The number of hydrogen-bond donors (Lipinski definition) is 1. The Bertz CT molecular complexity index is 718. The maximum atomic E-state index is 14.0. The second-order valence-corrected chi connectivity index (χ2v) is 10.6. The third-order valence-electron chi connectivity index (χ3n) is 3.80. The van der Waals surface area contributed by atoms with Crippen LogP contribution >= 0.6 is 0 Å². The van der Waals surface area contributed by atoms with Crippen molar-refractivity contribution in [3.8, 4) is 11.4 Å². The van der Waals surface area contributed by atoms with E-state index in [0.717, 1.165) is 30.6 Å². The van der Waals surface area contributed by atoms with Crippen molar-refractivity contribution in [2.45, 2.75) is 45.5 Å². The summed E-state index contributed by atoms with van der Waals surface area (Å²) in [7, 11) is -1.70. The van der Waals surface area contributed by atoms with Crippen LogP contribution < -0.4 is 0 Å². The highest BCUT2D eigenvalue weighted by atomic mass is 28.4. The lowest BCUT2D eigenvalue weighted by atomic mass is 10.2. The highest BCUT2D eigenvalue weighted by Crippen LogP contribution is 2.24. The summed E-state index contributed by atoms with van der Waals surface area (Å²) in [6, 6.07) is 4.62. The fraction of sp³-hybridized carbons (Fsp3) is 0.438. The van der Waals surface area contributed by atoms with Crippen molar-refractivity contribution in [3.63, 3.8) is 0 Å². The molecule has 24 heavy (non-hydrogen) atoms. The van der Waals surface area contributed by atoms with E-state index in [-0.39, 0.29) is 11.3 Å². The number of halogens is 1. The van der Waals surface area contributed by atoms with Crippen molar-refractivity contribution in [3.05, 3.63) is 46.0 Å². The van der Waals surface area contributed by atoms with Gasteiger partial charge in [0.05, 0.1) is 35.1 Å². The Labute approximate surface area is 141 Å². The minimum Gasteiger partial charge on any atom is -0.412 e. The Kier molecular flexibility index (Phi) is 5.84. The smallest absolute Gasteiger partial charge is 0.272 e. The Balaban J connectivity index is 2.07. The number of rotatable bonds is 8. The molecule has 2 rings (SSSR count). The van der Waals surface area contributed by atoms with Gasteiger partial charge in [0.15, 0.2) is 8.32 Å². The van der Waals surface area contributed by atoms with Crippen molar-refractivity contribution >= 4 is 14.0 Å². The molecule has 8 heteroatoms. The molecule has 0 fully saturated rings. The first-order valence-electron chi connectivity index (χ1n) is 7.94. The molecule has 1 aromatic carbocycles. The molecule has 0 spiro atoms. The Morgan fingerprint density at radius 1 is 1.42 bits per heavy atom. The van der Waals surface area contributed by atoms with Crippen LogP contribution in [0.2, 0.25) is 19.1 Å². The molecule has 130 valence electrons. The molecule has 0 saturated heterocycles. The summed E-state index contributed by atoms with van der Waals surface area (Å²) in [5.41, 5.74) is 0.684. The lowest BCUT2D eigenvalue weighted by Gasteiger charge is -2.22. The van der Waals surface area contributed by atoms with Gasteiger partial charge >= 0.3 is 0 Å². The zero-order valence-electron chi connectivity index (χ0n) is 14.1. The highest BCUT2D eigenvalue weighted by Gasteiger charge is 2.22. The number of unbranched alkanes of at least 4 members (excludes halogenated alkanes) is 1. The van der Waals surface area contributed by atoms with E-state index in [0.29, 0.717) is 12.4 Å². The number of nitrogens with zero attached hydrogens (tertiary/aromatic N) is 2. The van der Waals surface area contributed by atoms with Crippen molar-refractivity contribution in [2.75, 3.05) is 0 Å². The molecule has 0 aliphatic rings. The lowest BCUT2D eigenvalue weighted by molar-refractivity contribution is -0.385. The van der Waals surface area contributed by atoms with E-state index in [9.17, 15) is 14.5 Å². The summed E-state index contributed by atoms with van der Waals surface area (Å²) in [4.78, 5) is 17.2. The van der Waals surface area contributed by atoms with Crippen molar-refractivity contribution in [1.82, 2.24) is 9.97 Å². The molecule has 0 atom stereocenters. The first kappa shape index (κ1) is 18.3. The normalized spacial score (nSPS) is 11.7. The van der Waals surface area contributed by atoms with Gasteiger partial charge in [-0.3, -0.25) is 10.1 Å². The number of aromatic nitrogens is 2. The van der Waals surface area contributed by atoms with Crippen LogP contribution in [0.5, 0.6) is 0 Å². The van der Waals surface area contributed by atoms with Crippen molar-refractivity contribution in [2.24, 2.45) is 0 Å². The molecule has 1 heterocycles. The lowest BCUT2D eigenvalue weighted by Crippen LogP contribution is -2.29. The number of imidazole rings is 1. The number of H-pyrrole nitrogens is 1. The van der Waals surface area contributed by atoms with Gasteiger partial charge in [-0.05, 0) is 25.2 Å². The first-order chi connectivity index (χ1) is 11.3. The number of aromatic amines is 1. The van der Waals surface area contributed by atoms with Crippen LogP contribution in [0, 0.1) is 15.9 Å². The van der Waals surface area contributed by atoms with Gasteiger partial charge in [-0.15, -0.1) is 0 Å². The average Bonchev–Trinajstić information content (AvgIpc) is 3.00. The summed E-state index contributed by atoms with van der Waals surface area (Å²) < 4.78 is 20.1. The predicted molar refractivity (Wildman–Crippen MR) is 92.6 cm³/mol. The minimum atomic E-state index is -1.70. The van der Waals surface area contributed by atoms with E-state index < -0.39 is 19.1 Å². The molecule has 0 radical (unpaired) electrons. The third kappa shape index (κ3) is 4.72. The second kappa shape index (κ2) is 7.67. The van der Waals surface area contributed by atoms with Crippen molar-refractivity contribution in [1.29, 1.82) is 0 Å². The molecule has 1 N–H and O–H groups in total. The van der Waals surface area contributed by atoms with E-state index in [4.69, 9.17) is 4.43 Å². The maximum Gasteiger partial charge on any atom is 0.272 e. The molecular weight excluding hydrogens is 329 g/mol. The Hall–Kier alpha value is -2.06. The standard InChI is InChI=1S/C16H22FN3O3Si/c1-4-5-8-24(2,3)23-11-12-10-18-16(19-12)14-7-6-13(20(21)22)9-15(14)17/h6-7,9-10H,4-5,8,11H2,1-3H3,(H,18,19). The van der Waals surface area contributed by atoms with Crippen LogP contribution in [0.25, 0.3) is 11.4 Å². The number of nitrogens with one attached hydrogen (secondary N) is 1. The molecule has 0 saturated carbocycles. The van der Waals surface area contributed by atoms with Crippen LogP contribution in [0.4, 0.5) is 10.1 Å². The second-order valence-electron chi connectivity index (χ2n) is 6.33. The third-order valence-corrected chi connectivity index (χ3v) is 6.28. The molecule has 0 bridgehead atoms. The van der Waals surface area contributed by atoms with E-state index in [1.165, 1.54) is 12.1 Å². The van der Waals surface area contributed by atoms with Gasteiger partial charge in [-0.25, -0.2) is 9.37 Å². The molecule has 2 aromatic rings. The van der Waals surface area contributed by atoms with Gasteiger partial charge in [-0.1, -0.05) is 19.8 Å². The Morgan fingerprint density at radius 3 is 2.79 bits per heavy atom. The van der Waals surface area contributed by atoms with Gasteiger partial charge in [0.25, 0.3) is 5.69 Å². The summed E-state index contributed by atoms with van der Waals surface area (Å²) in [5.74, 6) is -0.335. The summed E-state index contributed by atoms with van der Waals surface area (Å²) >= 11 is 0. The number of nitro benzene ring substituents is 1. The average molecular weight is 351 g/mol. The summed E-state index contributed by atoms with van der Waals surface area (Å²) in [6.07, 6.45) is 3.91. The largest absolute Gasteiger partial charge is 0.412 e. The number of benzene rings is 1. The summed E-state index contributed by atoms with van der Waals surface area (Å²) in [6.45, 7) is 6.92. The monoisotopic (exact) mass is 351 g/mol. The summed E-state index contributed by atoms with van der Waals surface area (Å²) in [5, 5.41) is 10.7. The van der Waals surface area contributed by atoms with E-state index in [1.54, 1.807) is 6.20 Å². The van der Waals surface area contributed by atoms with Crippen LogP contribution in [0.15, 0.2) is 24.4 Å². The fourth-order valence-corrected chi connectivity index (χ4v) is 4.22. The SMILES string of the molecule is CCCC[Si](C)(C)OCc1cnc(-c2ccc([N+](=O)[O-])cc2F)[nH]1. The van der Waals surface area contributed by atoms with Gasteiger partial charge in [0.2, 0.25) is 0 Å². The Morgan fingerprint density at radius 2 is 2.17 bits per heavy atom. The van der Waals surface area contributed by atoms with E-state index in [1.807, 2.05) is 0 Å². The number of non-ortho nitro benzene ring substituents is 1. The molecule has 0 amide bonds. The van der Waals surface area contributed by atoms with E-state index >= 15 is 0 Å².